The van der Waals surface area contributed by atoms with Crippen molar-refractivity contribution in [1.82, 2.24) is 15.7 Å². The number of fused-ring (bicyclic) bond motifs is 3. The summed E-state index contributed by atoms with van der Waals surface area (Å²) in [6.45, 7) is 0. The van der Waals surface area contributed by atoms with Crippen LogP contribution in [0.5, 0.6) is 0 Å². The number of nitrogen functional groups attached to an aromatic ring is 1. The van der Waals surface area contributed by atoms with Gasteiger partial charge in [-0.15, -0.1) is 0 Å². The Morgan fingerprint density at radius 2 is 1.41 bits per heavy atom. The molecule has 10 nitrogen and oxygen atoms in total. The largest absolute Gasteiger partial charge is 0.392 e. The van der Waals surface area contributed by atoms with Gasteiger partial charge in [-0.3, -0.25) is 9.80 Å². The van der Waals surface area contributed by atoms with E-state index in [1.165, 1.54) is 0 Å². The van der Waals surface area contributed by atoms with Crippen molar-refractivity contribution in [3.8, 4) is 11.1 Å². The van der Waals surface area contributed by atoms with Crippen molar-refractivity contribution in [1.29, 1.82) is 0 Å². The van der Waals surface area contributed by atoms with Gasteiger partial charge in [0.05, 0.1) is 11.4 Å². The predicted molar refractivity (Wildman–Crippen MR) is 129 cm³/mol. The molecule has 1 aliphatic rings. The second-order valence-corrected chi connectivity index (χ2v) is 7.46. The SMILES string of the molecule is N/C(C(=O)NN=C1c2ccccc2-c2ccccc21)=C(/c1ccccc1)N(N)c1nonc1N. The number of hydrazine groups is 1. The summed E-state index contributed by atoms with van der Waals surface area (Å²) >= 11 is 0. The molecule has 0 spiro atoms. The molecule has 1 aliphatic carbocycles. The van der Waals surface area contributed by atoms with Gasteiger partial charge in [-0.25, -0.2) is 15.9 Å². The fraction of sp³-hybridized carbons (Fsp3) is 0. The highest BCUT2D eigenvalue weighted by Crippen LogP contribution is 2.36. The second-order valence-electron chi connectivity index (χ2n) is 7.46. The zero-order valence-electron chi connectivity index (χ0n) is 17.8. The number of amides is 1. The molecule has 0 saturated carbocycles. The van der Waals surface area contributed by atoms with Gasteiger partial charge in [0.15, 0.2) is 0 Å². The first-order valence-corrected chi connectivity index (χ1v) is 10.3. The fourth-order valence-corrected chi connectivity index (χ4v) is 3.87. The lowest BCUT2D eigenvalue weighted by molar-refractivity contribution is -0.117. The first-order valence-electron chi connectivity index (χ1n) is 10.3. The highest BCUT2D eigenvalue weighted by atomic mass is 16.6. The molecule has 1 amide bonds. The van der Waals surface area contributed by atoms with Crippen molar-refractivity contribution in [2.24, 2.45) is 16.7 Å². The molecule has 0 bridgehead atoms. The number of carbonyl (C=O) groups excluding carboxylic acids is 1. The number of carbonyl (C=O) groups is 1. The highest BCUT2D eigenvalue weighted by Gasteiger charge is 2.26. The Kier molecular flexibility index (Phi) is 5.24. The number of hydrazone groups is 1. The third-order valence-corrected chi connectivity index (χ3v) is 5.44. The first kappa shape index (κ1) is 20.9. The summed E-state index contributed by atoms with van der Waals surface area (Å²) in [6.07, 6.45) is 0. The molecule has 5 rings (SSSR count). The Morgan fingerprint density at radius 3 is 1.97 bits per heavy atom. The number of aromatic nitrogens is 2. The standard InChI is InChI=1S/C24H20N8O2/c25-19(21(14-8-2-1-3-9-14)32(27)23-22(26)30-34-31-23)24(33)29-28-20-17-12-6-4-10-15(17)16-11-5-7-13-18(16)20/h1-13H,25,27H2,(H2,26,30)(H,29,33)/b21-19-. The molecule has 1 aromatic heterocycles. The van der Waals surface area contributed by atoms with E-state index >= 15 is 0 Å². The van der Waals surface area contributed by atoms with E-state index in [0.717, 1.165) is 27.3 Å². The van der Waals surface area contributed by atoms with E-state index < -0.39 is 5.91 Å². The van der Waals surface area contributed by atoms with Crippen LogP contribution in [-0.4, -0.2) is 21.9 Å². The summed E-state index contributed by atoms with van der Waals surface area (Å²) in [4.78, 5) is 13.1. The maximum Gasteiger partial charge on any atom is 0.289 e. The number of nitrogens with one attached hydrogen (secondary N) is 1. The van der Waals surface area contributed by atoms with Gasteiger partial charge in [-0.2, -0.15) is 5.10 Å². The lowest BCUT2D eigenvalue weighted by Crippen LogP contribution is -2.36. The number of nitrogens with zero attached hydrogens (tertiary/aromatic N) is 4. The third-order valence-electron chi connectivity index (χ3n) is 5.44. The van der Waals surface area contributed by atoms with Crippen LogP contribution in [0.3, 0.4) is 0 Å². The maximum atomic E-state index is 13.1. The van der Waals surface area contributed by atoms with Crippen molar-refractivity contribution < 1.29 is 9.42 Å². The molecule has 34 heavy (non-hydrogen) atoms. The summed E-state index contributed by atoms with van der Waals surface area (Å²) in [6, 6.07) is 24.6. The molecular formula is C24H20N8O2. The number of rotatable bonds is 5. The third kappa shape index (κ3) is 3.53. The minimum absolute atomic E-state index is 0.0135. The van der Waals surface area contributed by atoms with Gasteiger partial charge in [-0.05, 0) is 21.4 Å². The molecular weight excluding hydrogens is 432 g/mol. The number of hydrogen-bond donors (Lipinski definition) is 4. The smallest absolute Gasteiger partial charge is 0.289 e. The molecule has 3 aromatic carbocycles. The van der Waals surface area contributed by atoms with Gasteiger partial charge in [-0.1, -0.05) is 78.9 Å². The number of nitrogens with two attached hydrogens (primary N) is 3. The topological polar surface area (TPSA) is 162 Å². The van der Waals surface area contributed by atoms with Crippen LogP contribution in [0.1, 0.15) is 16.7 Å². The quantitative estimate of drug-likeness (QED) is 0.179. The van der Waals surface area contributed by atoms with E-state index in [1.54, 1.807) is 24.3 Å². The van der Waals surface area contributed by atoms with E-state index in [9.17, 15) is 4.79 Å². The van der Waals surface area contributed by atoms with E-state index in [-0.39, 0.29) is 23.0 Å². The molecule has 168 valence electrons. The van der Waals surface area contributed by atoms with E-state index in [1.807, 2.05) is 54.6 Å². The van der Waals surface area contributed by atoms with E-state index in [2.05, 4.69) is 25.5 Å². The molecule has 0 unspecified atom stereocenters. The average molecular weight is 452 g/mol. The van der Waals surface area contributed by atoms with Gasteiger partial charge in [0, 0.05) is 16.7 Å². The van der Waals surface area contributed by atoms with Crippen LogP contribution in [0, 0.1) is 0 Å². The zero-order valence-corrected chi connectivity index (χ0v) is 17.8. The summed E-state index contributed by atoms with van der Waals surface area (Å²) in [5.41, 5.74) is 19.7. The Morgan fingerprint density at radius 1 is 0.853 bits per heavy atom. The number of anilines is 2. The normalized spacial score (nSPS) is 12.4. The van der Waals surface area contributed by atoms with Crippen LogP contribution in [-0.2, 0) is 4.79 Å². The van der Waals surface area contributed by atoms with Gasteiger partial charge in [0.1, 0.15) is 5.70 Å². The van der Waals surface area contributed by atoms with Crippen LogP contribution in [0.15, 0.2) is 94.3 Å². The molecule has 1 heterocycles. The Hall–Kier alpha value is -4.96. The van der Waals surface area contributed by atoms with Crippen LogP contribution in [0.4, 0.5) is 11.6 Å². The van der Waals surface area contributed by atoms with Crippen molar-refractivity contribution in [2.45, 2.75) is 0 Å². The fourth-order valence-electron chi connectivity index (χ4n) is 3.87. The lowest BCUT2D eigenvalue weighted by Gasteiger charge is -2.21. The molecule has 0 aliphatic heterocycles. The van der Waals surface area contributed by atoms with Crippen molar-refractivity contribution in [3.05, 3.63) is 101 Å². The summed E-state index contributed by atoms with van der Waals surface area (Å²) < 4.78 is 4.64. The molecule has 0 saturated heterocycles. The van der Waals surface area contributed by atoms with Crippen molar-refractivity contribution in [3.63, 3.8) is 0 Å². The minimum atomic E-state index is -0.654. The number of benzene rings is 3. The van der Waals surface area contributed by atoms with Gasteiger partial charge < -0.3 is 11.5 Å². The summed E-state index contributed by atoms with van der Waals surface area (Å²) in [5.74, 6) is 5.54. The van der Waals surface area contributed by atoms with Gasteiger partial charge in [0.25, 0.3) is 5.91 Å². The van der Waals surface area contributed by atoms with Crippen LogP contribution in [0.2, 0.25) is 0 Å². The Bertz CT molecular complexity index is 1390. The number of hydrogen-bond acceptors (Lipinski definition) is 9. The summed E-state index contributed by atoms with van der Waals surface area (Å²) in [7, 11) is 0. The first-order chi connectivity index (χ1) is 16.6. The molecule has 0 radical (unpaired) electrons. The van der Waals surface area contributed by atoms with Gasteiger partial charge >= 0.3 is 0 Å². The summed E-state index contributed by atoms with van der Waals surface area (Å²) in [5, 5.41) is 12.7. The van der Waals surface area contributed by atoms with E-state index in [4.69, 9.17) is 17.3 Å². The van der Waals surface area contributed by atoms with Crippen LogP contribution >= 0.6 is 0 Å². The maximum absolute atomic E-state index is 13.1. The van der Waals surface area contributed by atoms with Crippen LogP contribution < -0.4 is 27.7 Å². The van der Waals surface area contributed by atoms with Crippen LogP contribution in [0.25, 0.3) is 16.8 Å². The Labute approximate surface area is 194 Å². The Balaban J connectivity index is 1.53. The average Bonchev–Trinajstić information content (AvgIpc) is 3.44. The second kappa shape index (κ2) is 8.52. The zero-order chi connectivity index (χ0) is 23.7. The monoisotopic (exact) mass is 452 g/mol. The predicted octanol–water partition coefficient (Wildman–Crippen LogP) is 2.21. The molecule has 10 heteroatoms. The molecule has 0 fully saturated rings. The van der Waals surface area contributed by atoms with Crippen molar-refractivity contribution in [2.75, 3.05) is 10.7 Å². The lowest BCUT2D eigenvalue weighted by atomic mass is 10.1. The van der Waals surface area contributed by atoms with Crippen molar-refractivity contribution >= 4 is 29.0 Å². The van der Waals surface area contributed by atoms with Gasteiger partial charge in [0.2, 0.25) is 11.6 Å². The minimum Gasteiger partial charge on any atom is -0.392 e. The molecule has 7 N–H and O–H groups in total. The highest BCUT2D eigenvalue weighted by molar-refractivity contribution is 6.24. The van der Waals surface area contributed by atoms with E-state index in [0.29, 0.717) is 11.3 Å². The molecule has 0 atom stereocenters. The molecule has 4 aromatic rings.